The van der Waals surface area contributed by atoms with Crippen LogP contribution in [-0.2, 0) is 0 Å². The lowest BCUT2D eigenvalue weighted by Crippen LogP contribution is -2.07. The zero-order valence-corrected chi connectivity index (χ0v) is 12.6. The Bertz CT molecular complexity index is 912. The van der Waals surface area contributed by atoms with E-state index in [1.165, 1.54) is 5.56 Å². The summed E-state index contributed by atoms with van der Waals surface area (Å²) in [5.41, 5.74) is 10.3. The van der Waals surface area contributed by atoms with Crippen LogP contribution < -0.4 is 10.5 Å². The highest BCUT2D eigenvalue weighted by molar-refractivity contribution is 5.83. The maximum Gasteiger partial charge on any atom is 0.258 e. The van der Waals surface area contributed by atoms with Crippen molar-refractivity contribution in [3.63, 3.8) is 0 Å². The number of benzene rings is 2. The Morgan fingerprint density at radius 2 is 2.04 bits per heavy atom. The molecule has 1 aromatic heterocycles. The van der Waals surface area contributed by atoms with Gasteiger partial charge in [0.2, 0.25) is 5.82 Å². The molecule has 0 atom stereocenters. The second-order valence-electron chi connectivity index (χ2n) is 5.55. The van der Waals surface area contributed by atoms with Gasteiger partial charge in [0.05, 0.1) is 0 Å². The molecule has 114 valence electrons. The van der Waals surface area contributed by atoms with E-state index in [2.05, 4.69) is 16.2 Å². The van der Waals surface area contributed by atoms with Crippen LogP contribution in [0.5, 0.6) is 5.75 Å². The minimum Gasteiger partial charge on any atom is -0.488 e. The summed E-state index contributed by atoms with van der Waals surface area (Å²) in [4.78, 5) is 4.45. The van der Waals surface area contributed by atoms with E-state index in [0.29, 0.717) is 24.0 Å². The van der Waals surface area contributed by atoms with Crippen LogP contribution in [0, 0.1) is 6.92 Å². The first-order valence-corrected chi connectivity index (χ1v) is 7.33. The molecule has 5 nitrogen and oxygen atoms in total. The number of aryl methyl sites for hydroxylation is 1. The number of nitrogen functional groups attached to an aromatic ring is 1. The van der Waals surface area contributed by atoms with Crippen molar-refractivity contribution >= 4 is 17.3 Å². The van der Waals surface area contributed by atoms with Crippen molar-refractivity contribution in [2.24, 2.45) is 0 Å². The molecule has 0 saturated carbocycles. The first kappa shape index (κ1) is 13.6. The molecule has 0 aliphatic carbocycles. The van der Waals surface area contributed by atoms with Gasteiger partial charge in [0.15, 0.2) is 0 Å². The number of fused-ring (bicyclic) bond motifs is 1. The van der Waals surface area contributed by atoms with E-state index in [9.17, 15) is 0 Å². The molecular weight excluding hydrogens is 290 g/mol. The molecule has 0 radical (unpaired) electrons. The fourth-order valence-corrected chi connectivity index (χ4v) is 2.54. The second-order valence-corrected chi connectivity index (χ2v) is 5.55. The zero-order valence-electron chi connectivity index (χ0n) is 12.6. The molecule has 2 N–H and O–H groups in total. The van der Waals surface area contributed by atoms with Crippen LogP contribution >= 0.6 is 0 Å². The molecule has 1 aliphatic rings. The number of hydrogen-bond donors (Lipinski definition) is 1. The summed E-state index contributed by atoms with van der Waals surface area (Å²) in [6.45, 7) is 2.46. The van der Waals surface area contributed by atoms with Crippen molar-refractivity contribution < 1.29 is 9.26 Å². The van der Waals surface area contributed by atoms with Crippen molar-refractivity contribution in [3.05, 3.63) is 59.4 Å². The first-order valence-electron chi connectivity index (χ1n) is 7.33. The predicted molar refractivity (Wildman–Crippen MR) is 88.7 cm³/mol. The minimum absolute atomic E-state index is 0.423. The van der Waals surface area contributed by atoms with Crippen LogP contribution in [0.25, 0.3) is 23.1 Å². The standard InChI is InChI=1S/C18H15N3O2/c1-11-5-6-12-8-14(10-22-16(12)7-11)17-20-18(23-21-17)13-3-2-4-15(19)9-13/h2-9H,10,19H2,1H3. The molecule has 1 aliphatic heterocycles. The number of hydrogen-bond acceptors (Lipinski definition) is 5. The van der Waals surface area contributed by atoms with Crippen molar-refractivity contribution in [3.8, 4) is 17.2 Å². The molecule has 0 unspecified atom stereocenters. The van der Waals surface area contributed by atoms with Gasteiger partial charge < -0.3 is 15.0 Å². The van der Waals surface area contributed by atoms with E-state index < -0.39 is 0 Å². The topological polar surface area (TPSA) is 74.2 Å². The van der Waals surface area contributed by atoms with Crippen molar-refractivity contribution in [2.45, 2.75) is 6.92 Å². The summed E-state index contributed by atoms with van der Waals surface area (Å²) in [5, 5.41) is 4.06. The average molecular weight is 305 g/mol. The Balaban J connectivity index is 1.68. The van der Waals surface area contributed by atoms with E-state index in [0.717, 1.165) is 22.4 Å². The molecule has 3 aromatic rings. The number of ether oxygens (including phenoxy) is 1. The fraction of sp³-hybridized carbons (Fsp3) is 0.111. The summed E-state index contributed by atoms with van der Waals surface area (Å²) < 4.78 is 11.1. The van der Waals surface area contributed by atoms with Gasteiger partial charge in [-0.15, -0.1) is 0 Å². The van der Waals surface area contributed by atoms with Gasteiger partial charge in [-0.3, -0.25) is 0 Å². The number of anilines is 1. The molecule has 0 bridgehead atoms. The van der Waals surface area contributed by atoms with Crippen LogP contribution in [0.15, 0.2) is 47.0 Å². The van der Waals surface area contributed by atoms with Crippen molar-refractivity contribution in [1.82, 2.24) is 10.1 Å². The van der Waals surface area contributed by atoms with Crippen LogP contribution in [0.2, 0.25) is 0 Å². The molecule has 4 rings (SSSR count). The van der Waals surface area contributed by atoms with Gasteiger partial charge in [-0.1, -0.05) is 23.4 Å². The Hall–Kier alpha value is -3.08. The van der Waals surface area contributed by atoms with Crippen LogP contribution in [-0.4, -0.2) is 16.7 Å². The second kappa shape index (κ2) is 5.28. The lowest BCUT2D eigenvalue weighted by Gasteiger charge is -2.16. The third kappa shape index (κ3) is 2.57. The Kier molecular flexibility index (Phi) is 3.12. The Labute approximate surface area is 133 Å². The number of aromatic nitrogens is 2. The SMILES string of the molecule is Cc1ccc2c(c1)OCC(c1noc(-c3cccc(N)c3)n1)=C2. The summed E-state index contributed by atoms with van der Waals surface area (Å²) in [6, 6.07) is 13.5. The molecule has 5 heteroatoms. The maximum absolute atomic E-state index is 5.80. The molecule has 0 spiro atoms. The molecule has 0 amide bonds. The molecule has 0 fully saturated rings. The van der Waals surface area contributed by atoms with Crippen LogP contribution in [0.3, 0.4) is 0 Å². The monoisotopic (exact) mass is 305 g/mol. The summed E-state index contributed by atoms with van der Waals surface area (Å²) in [6.07, 6.45) is 2.03. The van der Waals surface area contributed by atoms with E-state index >= 15 is 0 Å². The fourth-order valence-electron chi connectivity index (χ4n) is 2.54. The Morgan fingerprint density at radius 1 is 1.13 bits per heavy atom. The highest BCUT2D eigenvalue weighted by Gasteiger charge is 2.18. The quantitative estimate of drug-likeness (QED) is 0.733. The van der Waals surface area contributed by atoms with Gasteiger partial charge in [-0.05, 0) is 42.8 Å². The van der Waals surface area contributed by atoms with Crippen molar-refractivity contribution in [2.75, 3.05) is 12.3 Å². The minimum atomic E-state index is 0.423. The van der Waals surface area contributed by atoms with Crippen LogP contribution in [0.4, 0.5) is 5.69 Å². The normalized spacial score (nSPS) is 13.2. The zero-order chi connectivity index (χ0) is 15.8. The third-order valence-electron chi connectivity index (χ3n) is 3.73. The highest BCUT2D eigenvalue weighted by Crippen LogP contribution is 2.31. The molecule has 2 aromatic carbocycles. The number of nitrogens with two attached hydrogens (primary N) is 1. The van der Waals surface area contributed by atoms with Gasteiger partial charge in [-0.25, -0.2) is 0 Å². The summed E-state index contributed by atoms with van der Waals surface area (Å²) >= 11 is 0. The van der Waals surface area contributed by atoms with Gasteiger partial charge in [0.1, 0.15) is 12.4 Å². The number of rotatable bonds is 2. The van der Waals surface area contributed by atoms with Gasteiger partial charge in [-0.2, -0.15) is 4.98 Å². The van der Waals surface area contributed by atoms with Gasteiger partial charge in [0.25, 0.3) is 5.89 Å². The average Bonchev–Trinajstić information content (AvgIpc) is 3.04. The maximum atomic E-state index is 5.80. The Morgan fingerprint density at radius 3 is 2.91 bits per heavy atom. The first-order chi connectivity index (χ1) is 11.2. The van der Waals surface area contributed by atoms with Crippen molar-refractivity contribution in [1.29, 1.82) is 0 Å². The lowest BCUT2D eigenvalue weighted by atomic mass is 10.1. The molecular formula is C18H15N3O2. The number of nitrogens with zero attached hydrogens (tertiary/aromatic N) is 2. The smallest absolute Gasteiger partial charge is 0.258 e. The molecule has 0 saturated heterocycles. The predicted octanol–water partition coefficient (Wildman–Crippen LogP) is 3.56. The largest absolute Gasteiger partial charge is 0.488 e. The highest BCUT2D eigenvalue weighted by atomic mass is 16.5. The summed E-state index contributed by atoms with van der Waals surface area (Å²) in [5.74, 6) is 1.87. The lowest BCUT2D eigenvalue weighted by molar-refractivity contribution is 0.363. The van der Waals surface area contributed by atoms with E-state index in [4.69, 9.17) is 15.0 Å². The summed E-state index contributed by atoms with van der Waals surface area (Å²) in [7, 11) is 0. The van der Waals surface area contributed by atoms with E-state index in [1.54, 1.807) is 6.07 Å². The molecule has 2 heterocycles. The van der Waals surface area contributed by atoms with Gasteiger partial charge in [0, 0.05) is 22.4 Å². The third-order valence-corrected chi connectivity index (χ3v) is 3.73. The van der Waals surface area contributed by atoms with Crippen LogP contribution in [0.1, 0.15) is 17.0 Å². The van der Waals surface area contributed by atoms with Gasteiger partial charge >= 0.3 is 0 Å². The molecule has 23 heavy (non-hydrogen) atoms. The van der Waals surface area contributed by atoms with E-state index in [1.807, 2.05) is 43.3 Å². The van der Waals surface area contributed by atoms with E-state index in [-0.39, 0.29) is 0 Å².